The Kier molecular flexibility index (Phi) is 2.55. The molecule has 0 fully saturated rings. The van der Waals surface area contributed by atoms with Crippen LogP contribution in [0.2, 0.25) is 0 Å². The summed E-state index contributed by atoms with van der Waals surface area (Å²) in [6, 6.07) is 9.85. The van der Waals surface area contributed by atoms with Gasteiger partial charge in [0.2, 0.25) is 0 Å². The summed E-state index contributed by atoms with van der Waals surface area (Å²) in [6.45, 7) is 1.76. The Morgan fingerprint density at radius 3 is 2.95 bits per heavy atom. The molecule has 0 saturated carbocycles. The Hall–Kier alpha value is -2.66. The number of benzene rings is 1. The molecule has 3 heterocycles. The van der Waals surface area contributed by atoms with Gasteiger partial charge in [-0.25, -0.2) is 4.98 Å². The van der Waals surface area contributed by atoms with Crippen LogP contribution < -0.4 is 0 Å². The van der Waals surface area contributed by atoms with E-state index >= 15 is 0 Å². The van der Waals surface area contributed by atoms with Gasteiger partial charge in [-0.1, -0.05) is 6.07 Å². The van der Waals surface area contributed by atoms with E-state index < -0.39 is 6.10 Å². The molecule has 4 rings (SSSR count). The summed E-state index contributed by atoms with van der Waals surface area (Å²) in [5, 5.41) is 18.2. The number of hydrogen-bond donors (Lipinski definition) is 2. The quantitative estimate of drug-likeness (QED) is 0.592. The lowest BCUT2D eigenvalue weighted by atomic mass is 10.0. The fourth-order valence-corrected chi connectivity index (χ4v) is 2.57. The summed E-state index contributed by atoms with van der Waals surface area (Å²) >= 11 is 0. The van der Waals surface area contributed by atoms with Crippen LogP contribution in [-0.2, 0) is 0 Å². The Morgan fingerprint density at radius 2 is 2.10 bits per heavy atom. The zero-order valence-electron chi connectivity index (χ0n) is 11.5. The van der Waals surface area contributed by atoms with Gasteiger partial charge in [0.25, 0.3) is 0 Å². The Balaban J connectivity index is 1.94. The van der Waals surface area contributed by atoms with Crippen LogP contribution >= 0.6 is 0 Å². The first-order valence-corrected chi connectivity index (χ1v) is 6.81. The lowest BCUT2D eigenvalue weighted by Crippen LogP contribution is -1.90. The smallest absolute Gasteiger partial charge is 0.137 e. The van der Waals surface area contributed by atoms with Gasteiger partial charge in [-0.2, -0.15) is 5.10 Å². The third kappa shape index (κ3) is 1.90. The molecule has 2 N–H and O–H groups in total. The van der Waals surface area contributed by atoms with E-state index in [1.165, 1.54) is 0 Å². The van der Waals surface area contributed by atoms with Crippen molar-refractivity contribution in [2.75, 3.05) is 0 Å². The number of hydrogen-bond acceptors (Lipinski definition) is 3. The van der Waals surface area contributed by atoms with Crippen LogP contribution in [-0.4, -0.2) is 24.7 Å². The second-order valence-corrected chi connectivity index (χ2v) is 5.16. The number of H-pyrrole nitrogens is 1. The zero-order chi connectivity index (χ0) is 14.4. The number of aliphatic hydroxyl groups is 1. The molecule has 1 unspecified atom stereocenters. The van der Waals surface area contributed by atoms with Crippen molar-refractivity contribution in [3.63, 3.8) is 0 Å². The van der Waals surface area contributed by atoms with Crippen LogP contribution in [0.15, 0.2) is 48.9 Å². The van der Waals surface area contributed by atoms with E-state index in [2.05, 4.69) is 15.2 Å². The third-order valence-corrected chi connectivity index (χ3v) is 3.74. The van der Waals surface area contributed by atoms with Crippen molar-refractivity contribution in [3.8, 4) is 11.3 Å². The first-order valence-electron chi connectivity index (χ1n) is 6.81. The molecule has 5 heteroatoms. The van der Waals surface area contributed by atoms with Crippen molar-refractivity contribution in [3.05, 3.63) is 54.5 Å². The highest BCUT2D eigenvalue weighted by Crippen LogP contribution is 2.29. The van der Waals surface area contributed by atoms with Gasteiger partial charge in [0.15, 0.2) is 0 Å². The maximum absolute atomic E-state index is 9.75. The van der Waals surface area contributed by atoms with Gasteiger partial charge in [-0.05, 0) is 36.8 Å². The molecule has 0 aliphatic rings. The number of pyridine rings is 1. The topological polar surface area (TPSA) is 66.2 Å². The summed E-state index contributed by atoms with van der Waals surface area (Å²) in [6.07, 6.45) is 5.16. The van der Waals surface area contributed by atoms with Crippen molar-refractivity contribution in [1.29, 1.82) is 0 Å². The van der Waals surface area contributed by atoms with Gasteiger partial charge in [-0.15, -0.1) is 0 Å². The summed E-state index contributed by atoms with van der Waals surface area (Å²) in [7, 11) is 0. The number of nitrogens with one attached hydrogen (secondary N) is 1. The number of aliphatic hydroxyl groups excluding tert-OH is 1. The Bertz CT molecular complexity index is 936. The van der Waals surface area contributed by atoms with Gasteiger partial charge >= 0.3 is 0 Å². The molecule has 0 aliphatic carbocycles. The van der Waals surface area contributed by atoms with Crippen molar-refractivity contribution in [1.82, 2.24) is 19.6 Å². The maximum Gasteiger partial charge on any atom is 0.137 e. The third-order valence-electron chi connectivity index (χ3n) is 3.74. The molecule has 1 atom stereocenters. The first kappa shape index (κ1) is 12.1. The summed E-state index contributed by atoms with van der Waals surface area (Å²) in [5.74, 6) is 0. The molecule has 1 aromatic carbocycles. The minimum atomic E-state index is -0.494. The number of rotatable bonds is 2. The minimum absolute atomic E-state index is 0.494. The molecule has 21 heavy (non-hydrogen) atoms. The molecule has 0 aliphatic heterocycles. The molecule has 3 aromatic heterocycles. The predicted octanol–water partition coefficient (Wildman–Crippen LogP) is 2.93. The molecule has 0 bridgehead atoms. The van der Waals surface area contributed by atoms with E-state index in [0.29, 0.717) is 0 Å². The van der Waals surface area contributed by atoms with Crippen LogP contribution in [0.4, 0.5) is 0 Å². The van der Waals surface area contributed by atoms with Crippen molar-refractivity contribution >= 4 is 16.6 Å². The monoisotopic (exact) mass is 278 g/mol. The average Bonchev–Trinajstić information content (AvgIpc) is 3.12. The second-order valence-electron chi connectivity index (χ2n) is 5.16. The van der Waals surface area contributed by atoms with E-state index in [1.54, 1.807) is 13.1 Å². The number of imidazole rings is 1. The van der Waals surface area contributed by atoms with Crippen LogP contribution in [0.5, 0.6) is 0 Å². The normalized spacial score (nSPS) is 13.0. The van der Waals surface area contributed by atoms with Crippen LogP contribution in [0.1, 0.15) is 18.6 Å². The van der Waals surface area contributed by atoms with Crippen molar-refractivity contribution in [2.24, 2.45) is 0 Å². The van der Waals surface area contributed by atoms with Gasteiger partial charge in [0.05, 0.1) is 11.6 Å². The second kappa shape index (κ2) is 4.43. The van der Waals surface area contributed by atoms with E-state index in [4.69, 9.17) is 0 Å². The summed E-state index contributed by atoms with van der Waals surface area (Å²) < 4.78 is 1.96. The summed E-state index contributed by atoms with van der Waals surface area (Å²) in [5.41, 5.74) is 4.60. The highest BCUT2D eigenvalue weighted by molar-refractivity contribution is 5.93. The Labute approximate surface area is 120 Å². The van der Waals surface area contributed by atoms with Crippen LogP contribution in [0, 0.1) is 0 Å². The number of fused-ring (bicyclic) bond motifs is 2. The summed E-state index contributed by atoms with van der Waals surface area (Å²) in [4.78, 5) is 4.30. The van der Waals surface area contributed by atoms with Crippen LogP contribution in [0.3, 0.4) is 0 Å². The van der Waals surface area contributed by atoms with E-state index in [9.17, 15) is 5.11 Å². The molecule has 104 valence electrons. The number of aromatic nitrogens is 4. The average molecular weight is 278 g/mol. The van der Waals surface area contributed by atoms with Crippen LogP contribution in [0.25, 0.3) is 27.8 Å². The lowest BCUT2D eigenvalue weighted by Gasteiger charge is -2.05. The molecular weight excluding hydrogens is 264 g/mol. The maximum atomic E-state index is 9.75. The molecular formula is C16H14N4O. The fraction of sp³-hybridized carbons (Fsp3) is 0.125. The standard InChI is InChI=1S/C16H14N4O/c1-10(21)11-2-3-14-13(8-11)16(19-18-14)12-4-6-20-7-5-17-15(20)9-12/h2-10,21H,1H3,(H,18,19). The molecule has 0 radical (unpaired) electrons. The van der Waals surface area contributed by atoms with Gasteiger partial charge in [-0.3, -0.25) is 5.10 Å². The lowest BCUT2D eigenvalue weighted by molar-refractivity contribution is 0.199. The largest absolute Gasteiger partial charge is 0.389 e. The predicted molar refractivity (Wildman–Crippen MR) is 80.9 cm³/mol. The highest BCUT2D eigenvalue weighted by atomic mass is 16.3. The van der Waals surface area contributed by atoms with Gasteiger partial charge < -0.3 is 9.51 Å². The van der Waals surface area contributed by atoms with E-state index in [-0.39, 0.29) is 0 Å². The molecule has 0 amide bonds. The molecule has 4 aromatic rings. The fourth-order valence-electron chi connectivity index (χ4n) is 2.57. The molecule has 5 nitrogen and oxygen atoms in total. The van der Waals surface area contributed by atoms with E-state index in [1.807, 2.05) is 47.1 Å². The zero-order valence-corrected chi connectivity index (χ0v) is 11.5. The first-order chi connectivity index (χ1) is 10.2. The molecule has 0 spiro atoms. The van der Waals surface area contributed by atoms with Gasteiger partial charge in [0, 0.05) is 29.5 Å². The number of aromatic amines is 1. The molecule has 0 saturated heterocycles. The number of nitrogens with zero attached hydrogens (tertiary/aromatic N) is 3. The SMILES string of the molecule is CC(O)c1ccc2[nH]nc(-c3ccn4ccnc4c3)c2c1. The van der Waals surface area contributed by atoms with Crippen molar-refractivity contribution in [2.45, 2.75) is 13.0 Å². The highest BCUT2D eigenvalue weighted by Gasteiger charge is 2.11. The Morgan fingerprint density at radius 1 is 1.19 bits per heavy atom. The van der Waals surface area contributed by atoms with Crippen molar-refractivity contribution < 1.29 is 5.11 Å². The van der Waals surface area contributed by atoms with E-state index in [0.717, 1.165) is 33.4 Å². The minimum Gasteiger partial charge on any atom is -0.389 e. The van der Waals surface area contributed by atoms with Gasteiger partial charge in [0.1, 0.15) is 11.3 Å².